The van der Waals surface area contributed by atoms with Crippen molar-refractivity contribution in [1.82, 2.24) is 10.6 Å². The summed E-state index contributed by atoms with van der Waals surface area (Å²) in [4.78, 5) is 0. The molecule has 2 N–H and O–H groups in total. The molecule has 1 aliphatic carbocycles. The lowest BCUT2D eigenvalue weighted by Crippen LogP contribution is -2.45. The van der Waals surface area contributed by atoms with Crippen molar-refractivity contribution >= 4 is 0 Å². The second-order valence-electron chi connectivity index (χ2n) is 5.38. The van der Waals surface area contributed by atoms with E-state index in [0.717, 1.165) is 18.0 Å². The fourth-order valence-corrected chi connectivity index (χ4v) is 3.12. The normalized spacial score (nSPS) is 27.8. The van der Waals surface area contributed by atoms with E-state index in [1.807, 2.05) is 0 Å². The van der Waals surface area contributed by atoms with Crippen LogP contribution in [0, 0.1) is 5.92 Å². The fourth-order valence-electron chi connectivity index (χ4n) is 3.12. The van der Waals surface area contributed by atoms with Gasteiger partial charge in [-0.25, -0.2) is 0 Å². The van der Waals surface area contributed by atoms with Crippen LogP contribution in [0.4, 0.5) is 0 Å². The van der Waals surface area contributed by atoms with Crippen molar-refractivity contribution in [2.24, 2.45) is 5.92 Å². The summed E-state index contributed by atoms with van der Waals surface area (Å²) < 4.78 is 0. The van der Waals surface area contributed by atoms with Crippen molar-refractivity contribution in [3.05, 3.63) is 0 Å². The number of piperidine rings is 1. The highest BCUT2D eigenvalue weighted by Gasteiger charge is 2.22. The molecular weight excluding hydrogens is 184 g/mol. The SMILES string of the molecule is CC(NC1CCCCC1)C1CCNCC1. The van der Waals surface area contributed by atoms with Gasteiger partial charge in [-0.15, -0.1) is 0 Å². The molecule has 2 heteroatoms. The molecule has 0 amide bonds. The van der Waals surface area contributed by atoms with E-state index in [4.69, 9.17) is 0 Å². The van der Waals surface area contributed by atoms with Gasteiger partial charge in [-0.3, -0.25) is 0 Å². The highest BCUT2D eigenvalue weighted by Crippen LogP contribution is 2.21. The third-order valence-electron chi connectivity index (χ3n) is 4.19. The number of nitrogens with one attached hydrogen (secondary N) is 2. The van der Waals surface area contributed by atoms with Crippen LogP contribution < -0.4 is 10.6 Å². The highest BCUT2D eigenvalue weighted by atomic mass is 15.0. The molecule has 88 valence electrons. The summed E-state index contributed by atoms with van der Waals surface area (Å²) in [5.41, 5.74) is 0. The summed E-state index contributed by atoms with van der Waals surface area (Å²) in [6.45, 7) is 4.84. The van der Waals surface area contributed by atoms with E-state index in [1.165, 1.54) is 58.0 Å². The molecule has 1 aliphatic heterocycles. The van der Waals surface area contributed by atoms with Crippen LogP contribution >= 0.6 is 0 Å². The van der Waals surface area contributed by atoms with E-state index < -0.39 is 0 Å². The van der Waals surface area contributed by atoms with Gasteiger partial charge in [0.2, 0.25) is 0 Å². The summed E-state index contributed by atoms with van der Waals surface area (Å²) >= 11 is 0. The molecule has 2 aliphatic rings. The van der Waals surface area contributed by atoms with Gasteiger partial charge in [-0.05, 0) is 51.6 Å². The summed E-state index contributed by atoms with van der Waals surface area (Å²) in [5, 5.41) is 7.31. The molecule has 2 nitrogen and oxygen atoms in total. The van der Waals surface area contributed by atoms with E-state index in [1.54, 1.807) is 0 Å². The average molecular weight is 210 g/mol. The van der Waals surface area contributed by atoms with Gasteiger partial charge in [0.1, 0.15) is 0 Å². The Hall–Kier alpha value is -0.0800. The van der Waals surface area contributed by atoms with Crippen LogP contribution in [0.25, 0.3) is 0 Å². The first-order valence-electron chi connectivity index (χ1n) is 6.83. The predicted molar refractivity (Wildman–Crippen MR) is 65.1 cm³/mol. The summed E-state index contributed by atoms with van der Waals surface area (Å²) in [6, 6.07) is 1.55. The summed E-state index contributed by atoms with van der Waals surface area (Å²) in [7, 11) is 0. The second kappa shape index (κ2) is 5.86. The van der Waals surface area contributed by atoms with Gasteiger partial charge in [0.25, 0.3) is 0 Å². The molecule has 0 aromatic rings. The van der Waals surface area contributed by atoms with Gasteiger partial charge in [-0.1, -0.05) is 19.3 Å². The molecule has 0 aromatic heterocycles. The van der Waals surface area contributed by atoms with Crippen molar-refractivity contribution in [2.45, 2.75) is 64.0 Å². The number of rotatable bonds is 3. The first-order valence-corrected chi connectivity index (χ1v) is 6.83. The highest BCUT2D eigenvalue weighted by molar-refractivity contribution is 4.82. The Bertz CT molecular complexity index is 169. The smallest absolute Gasteiger partial charge is 0.00705 e. The van der Waals surface area contributed by atoms with Crippen molar-refractivity contribution in [3.8, 4) is 0 Å². The number of hydrogen-bond donors (Lipinski definition) is 2. The Morgan fingerprint density at radius 3 is 2.33 bits per heavy atom. The summed E-state index contributed by atoms with van der Waals surface area (Å²) in [5.74, 6) is 0.910. The lowest BCUT2D eigenvalue weighted by molar-refractivity contribution is 0.251. The van der Waals surface area contributed by atoms with Gasteiger partial charge in [0.15, 0.2) is 0 Å². The van der Waals surface area contributed by atoms with Crippen molar-refractivity contribution in [2.75, 3.05) is 13.1 Å². The van der Waals surface area contributed by atoms with Crippen LogP contribution in [0.5, 0.6) is 0 Å². The molecular formula is C13H26N2. The molecule has 2 fully saturated rings. The molecule has 15 heavy (non-hydrogen) atoms. The molecule has 1 saturated carbocycles. The first kappa shape index (κ1) is 11.4. The zero-order valence-electron chi connectivity index (χ0n) is 10.1. The molecule has 0 bridgehead atoms. The van der Waals surface area contributed by atoms with Crippen LogP contribution in [0.3, 0.4) is 0 Å². The Morgan fingerprint density at radius 2 is 1.67 bits per heavy atom. The van der Waals surface area contributed by atoms with Crippen molar-refractivity contribution in [3.63, 3.8) is 0 Å². The van der Waals surface area contributed by atoms with E-state index in [-0.39, 0.29) is 0 Å². The van der Waals surface area contributed by atoms with Crippen LogP contribution in [-0.4, -0.2) is 25.2 Å². The van der Waals surface area contributed by atoms with Crippen LogP contribution in [0.1, 0.15) is 51.9 Å². The Balaban J connectivity index is 1.72. The second-order valence-corrected chi connectivity index (χ2v) is 5.38. The minimum absolute atomic E-state index is 0.732. The fraction of sp³-hybridized carbons (Fsp3) is 1.00. The zero-order valence-corrected chi connectivity index (χ0v) is 10.1. The average Bonchev–Trinajstić information content (AvgIpc) is 2.31. The lowest BCUT2D eigenvalue weighted by atomic mass is 9.89. The van der Waals surface area contributed by atoms with Crippen LogP contribution in [-0.2, 0) is 0 Å². The van der Waals surface area contributed by atoms with Gasteiger partial charge in [0, 0.05) is 12.1 Å². The maximum atomic E-state index is 3.86. The maximum absolute atomic E-state index is 3.86. The first-order chi connectivity index (χ1) is 7.36. The predicted octanol–water partition coefficient (Wildman–Crippen LogP) is 2.30. The van der Waals surface area contributed by atoms with Gasteiger partial charge in [0.05, 0.1) is 0 Å². The van der Waals surface area contributed by atoms with E-state index in [2.05, 4.69) is 17.6 Å². The van der Waals surface area contributed by atoms with E-state index in [9.17, 15) is 0 Å². The Labute approximate surface area is 94.2 Å². The van der Waals surface area contributed by atoms with Crippen molar-refractivity contribution < 1.29 is 0 Å². The van der Waals surface area contributed by atoms with Gasteiger partial charge < -0.3 is 10.6 Å². The lowest BCUT2D eigenvalue weighted by Gasteiger charge is -2.33. The quantitative estimate of drug-likeness (QED) is 0.747. The maximum Gasteiger partial charge on any atom is 0.00705 e. The molecule has 1 unspecified atom stereocenters. The molecule has 1 saturated heterocycles. The summed E-state index contributed by atoms with van der Waals surface area (Å²) in [6.07, 6.45) is 9.89. The van der Waals surface area contributed by atoms with Gasteiger partial charge in [-0.2, -0.15) is 0 Å². The zero-order chi connectivity index (χ0) is 10.5. The van der Waals surface area contributed by atoms with E-state index in [0.29, 0.717) is 0 Å². The van der Waals surface area contributed by atoms with Crippen LogP contribution in [0.15, 0.2) is 0 Å². The minimum atomic E-state index is 0.732. The third-order valence-corrected chi connectivity index (χ3v) is 4.19. The topological polar surface area (TPSA) is 24.1 Å². The number of hydrogen-bond acceptors (Lipinski definition) is 2. The standard InChI is InChI=1S/C13H26N2/c1-11(12-7-9-14-10-8-12)15-13-5-3-2-4-6-13/h11-15H,2-10H2,1H3. The van der Waals surface area contributed by atoms with E-state index >= 15 is 0 Å². The largest absolute Gasteiger partial charge is 0.317 e. The molecule has 1 atom stereocenters. The minimum Gasteiger partial charge on any atom is -0.317 e. The Kier molecular flexibility index (Phi) is 4.45. The Morgan fingerprint density at radius 1 is 1.00 bits per heavy atom. The van der Waals surface area contributed by atoms with Crippen molar-refractivity contribution in [1.29, 1.82) is 0 Å². The molecule has 0 aromatic carbocycles. The van der Waals surface area contributed by atoms with Crippen LogP contribution in [0.2, 0.25) is 0 Å². The molecule has 1 heterocycles. The molecule has 0 radical (unpaired) electrons. The monoisotopic (exact) mass is 210 g/mol. The third kappa shape index (κ3) is 3.46. The molecule has 2 rings (SSSR count). The molecule has 0 spiro atoms. The van der Waals surface area contributed by atoms with Gasteiger partial charge >= 0.3 is 0 Å².